The van der Waals surface area contributed by atoms with Gasteiger partial charge in [0.15, 0.2) is 5.82 Å². The zero-order valence-corrected chi connectivity index (χ0v) is 19.5. The molecule has 182 valence electrons. The lowest BCUT2D eigenvalue weighted by Crippen LogP contribution is -2.39. The van der Waals surface area contributed by atoms with Gasteiger partial charge in [0.2, 0.25) is 0 Å². The third-order valence-corrected chi connectivity index (χ3v) is 6.58. The van der Waals surface area contributed by atoms with Gasteiger partial charge in [-0.3, -0.25) is 19.1 Å². The lowest BCUT2D eigenvalue weighted by molar-refractivity contribution is -0.143. The van der Waals surface area contributed by atoms with Gasteiger partial charge in [-0.25, -0.2) is 4.39 Å². The Morgan fingerprint density at radius 3 is 2.57 bits per heavy atom. The summed E-state index contributed by atoms with van der Waals surface area (Å²) in [5.41, 5.74) is 2.38. The van der Waals surface area contributed by atoms with Gasteiger partial charge in [-0.2, -0.15) is 23.4 Å². The molecule has 0 aliphatic carbocycles. The van der Waals surface area contributed by atoms with E-state index >= 15 is 0 Å². The first-order valence-corrected chi connectivity index (χ1v) is 11.0. The number of benzene rings is 1. The fourth-order valence-electron chi connectivity index (χ4n) is 4.90. The molecule has 4 heterocycles. The van der Waals surface area contributed by atoms with E-state index in [1.54, 1.807) is 31.0 Å². The van der Waals surface area contributed by atoms with E-state index in [2.05, 4.69) is 15.2 Å². The number of rotatable bonds is 2. The lowest BCUT2D eigenvalue weighted by Gasteiger charge is -2.33. The van der Waals surface area contributed by atoms with Crippen molar-refractivity contribution in [3.8, 4) is 11.4 Å². The van der Waals surface area contributed by atoms with Crippen LogP contribution in [0.25, 0.3) is 22.3 Å². The van der Waals surface area contributed by atoms with Crippen LogP contribution in [0.2, 0.25) is 0 Å². The molecule has 1 amide bonds. The topological polar surface area (TPSA) is 68.8 Å². The van der Waals surface area contributed by atoms with Crippen LogP contribution in [0.5, 0.6) is 0 Å². The molecule has 1 aromatic carbocycles. The second kappa shape index (κ2) is 7.89. The van der Waals surface area contributed by atoms with Crippen molar-refractivity contribution in [1.29, 1.82) is 0 Å². The number of aryl methyl sites for hydroxylation is 3. The molecular weight excluding hydrogens is 464 g/mol. The van der Waals surface area contributed by atoms with Gasteiger partial charge in [0.05, 0.1) is 34.7 Å². The third kappa shape index (κ3) is 3.57. The van der Waals surface area contributed by atoms with E-state index in [0.717, 1.165) is 28.1 Å². The quantitative estimate of drug-likeness (QED) is 0.389. The number of amides is 1. The first kappa shape index (κ1) is 23.0. The van der Waals surface area contributed by atoms with Gasteiger partial charge in [0, 0.05) is 31.6 Å². The highest BCUT2D eigenvalue weighted by Crippen LogP contribution is 2.38. The van der Waals surface area contributed by atoms with E-state index in [4.69, 9.17) is 0 Å². The molecule has 0 unspecified atom stereocenters. The number of pyridine rings is 1. The van der Waals surface area contributed by atoms with E-state index in [1.807, 2.05) is 13.0 Å². The maximum Gasteiger partial charge on any atom is 0.433 e. The van der Waals surface area contributed by atoms with Crippen molar-refractivity contribution in [2.75, 3.05) is 6.54 Å². The molecule has 7 nitrogen and oxygen atoms in total. The van der Waals surface area contributed by atoms with Crippen molar-refractivity contribution in [3.05, 3.63) is 64.4 Å². The average molecular weight is 486 g/mol. The largest absolute Gasteiger partial charge is 0.433 e. The van der Waals surface area contributed by atoms with Gasteiger partial charge in [-0.15, -0.1) is 0 Å². The molecule has 0 radical (unpaired) electrons. The zero-order chi connectivity index (χ0) is 25.2. The normalized spacial score (nSPS) is 16.1. The van der Waals surface area contributed by atoms with Crippen LogP contribution in [0.15, 0.2) is 30.5 Å². The van der Waals surface area contributed by atoms with Crippen LogP contribution in [0, 0.1) is 12.7 Å². The van der Waals surface area contributed by atoms with Crippen LogP contribution < -0.4 is 0 Å². The molecule has 0 spiro atoms. The molecule has 4 aromatic rings. The molecule has 0 saturated carbocycles. The number of carbonyl (C=O) groups is 1. The van der Waals surface area contributed by atoms with Crippen molar-refractivity contribution in [2.45, 2.75) is 32.5 Å². The van der Waals surface area contributed by atoms with E-state index in [9.17, 15) is 22.4 Å². The zero-order valence-electron chi connectivity index (χ0n) is 19.5. The van der Waals surface area contributed by atoms with Crippen LogP contribution in [0.1, 0.15) is 45.8 Å². The van der Waals surface area contributed by atoms with Crippen LogP contribution in [0.3, 0.4) is 0 Å². The highest BCUT2D eigenvalue weighted by molar-refractivity contribution is 6.07. The number of alkyl halides is 3. The van der Waals surface area contributed by atoms with E-state index in [0.29, 0.717) is 28.7 Å². The Bertz CT molecular complexity index is 1490. The van der Waals surface area contributed by atoms with E-state index < -0.39 is 29.6 Å². The van der Waals surface area contributed by atoms with Crippen LogP contribution >= 0.6 is 0 Å². The Morgan fingerprint density at radius 2 is 1.89 bits per heavy atom. The third-order valence-electron chi connectivity index (χ3n) is 6.58. The summed E-state index contributed by atoms with van der Waals surface area (Å²) in [6, 6.07) is 5.74. The highest BCUT2D eigenvalue weighted by Gasteiger charge is 2.38. The van der Waals surface area contributed by atoms with Crippen molar-refractivity contribution in [1.82, 2.24) is 29.4 Å². The summed E-state index contributed by atoms with van der Waals surface area (Å²) in [4.78, 5) is 19.3. The minimum Gasteiger partial charge on any atom is -0.330 e. The van der Waals surface area contributed by atoms with Gasteiger partial charge in [0.25, 0.3) is 5.91 Å². The summed E-state index contributed by atoms with van der Waals surface area (Å²) in [7, 11) is 2.88. The molecule has 1 aliphatic heterocycles. The Morgan fingerprint density at radius 1 is 1.14 bits per heavy atom. The molecule has 0 N–H and O–H groups in total. The Labute approximate surface area is 198 Å². The number of carbonyl (C=O) groups excluding carboxylic acids is 1. The second-order valence-electron chi connectivity index (χ2n) is 8.75. The van der Waals surface area contributed by atoms with Gasteiger partial charge in [-0.05, 0) is 31.9 Å². The van der Waals surface area contributed by atoms with Crippen molar-refractivity contribution >= 4 is 16.8 Å². The number of para-hydroxylation sites is 1. The molecule has 1 atom stereocenters. The molecule has 0 saturated heterocycles. The van der Waals surface area contributed by atoms with Gasteiger partial charge < -0.3 is 4.90 Å². The number of fused-ring (bicyclic) bond motifs is 2. The van der Waals surface area contributed by atoms with Gasteiger partial charge in [0.1, 0.15) is 11.4 Å². The fourth-order valence-corrected chi connectivity index (χ4v) is 4.90. The van der Waals surface area contributed by atoms with E-state index in [1.165, 1.54) is 11.7 Å². The molecule has 3 aromatic heterocycles. The minimum atomic E-state index is -4.54. The predicted molar refractivity (Wildman–Crippen MR) is 120 cm³/mol. The van der Waals surface area contributed by atoms with Crippen molar-refractivity contribution in [3.63, 3.8) is 0 Å². The van der Waals surface area contributed by atoms with Gasteiger partial charge in [-0.1, -0.05) is 18.2 Å². The number of hydrogen-bond donors (Lipinski definition) is 0. The standard InChI is InChI=1S/C24H22F4N6O/c1-12-6-5-7-14-19(16(25)11-29-20(12)14)23(35)34-9-8-15-21(13(34)2)31-33(4)22(15)17-10-18(24(26,27)28)32(3)30-17/h5-7,10-11,13H,8-9H2,1-4H3/t13-/m0/s1. The first-order chi connectivity index (χ1) is 16.5. The predicted octanol–water partition coefficient (Wildman–Crippen LogP) is 4.59. The van der Waals surface area contributed by atoms with Crippen molar-refractivity contribution < 1.29 is 22.4 Å². The monoisotopic (exact) mass is 486 g/mol. The molecule has 11 heteroatoms. The molecule has 35 heavy (non-hydrogen) atoms. The van der Waals surface area contributed by atoms with Gasteiger partial charge >= 0.3 is 6.18 Å². The summed E-state index contributed by atoms with van der Waals surface area (Å²) >= 11 is 0. The molecule has 1 aliphatic rings. The highest BCUT2D eigenvalue weighted by atomic mass is 19.4. The molecular formula is C24H22F4N6O. The molecule has 0 fully saturated rings. The summed E-state index contributed by atoms with van der Waals surface area (Å²) in [6.07, 6.45) is -3.14. The Hall–Kier alpha value is -3.76. The average Bonchev–Trinajstić information content (AvgIpc) is 3.33. The van der Waals surface area contributed by atoms with Crippen LogP contribution in [-0.2, 0) is 26.7 Å². The number of nitrogens with zero attached hydrogens (tertiary/aromatic N) is 6. The number of hydrogen-bond acceptors (Lipinski definition) is 4. The molecule has 0 bridgehead atoms. The summed E-state index contributed by atoms with van der Waals surface area (Å²) < 4.78 is 57.1. The van der Waals surface area contributed by atoms with Crippen molar-refractivity contribution in [2.24, 2.45) is 14.1 Å². The Balaban J connectivity index is 1.55. The maximum atomic E-state index is 14.9. The fraction of sp³-hybridized carbons (Fsp3) is 0.333. The smallest absolute Gasteiger partial charge is 0.330 e. The number of halogens is 4. The summed E-state index contributed by atoms with van der Waals surface area (Å²) in [5, 5.41) is 9.02. The Kier molecular flexibility index (Phi) is 5.19. The summed E-state index contributed by atoms with van der Waals surface area (Å²) in [6.45, 7) is 3.87. The second-order valence-corrected chi connectivity index (χ2v) is 8.75. The summed E-state index contributed by atoms with van der Waals surface area (Å²) in [5.74, 6) is -1.19. The van der Waals surface area contributed by atoms with E-state index in [-0.39, 0.29) is 17.8 Å². The SMILES string of the molecule is Cc1cccc2c(C(=O)N3CCc4c(nn(C)c4-c4cc(C(F)(F)F)n(C)n4)[C@@H]3C)c(F)cnc12. The molecule has 5 rings (SSSR count). The minimum absolute atomic E-state index is 0.0512. The van der Waals surface area contributed by atoms with Crippen LogP contribution in [0.4, 0.5) is 17.6 Å². The number of aromatic nitrogens is 5. The maximum absolute atomic E-state index is 14.9. The lowest BCUT2D eigenvalue weighted by atomic mass is 9.95. The first-order valence-electron chi connectivity index (χ1n) is 11.0. The van der Waals surface area contributed by atoms with Crippen LogP contribution in [-0.4, -0.2) is 41.9 Å².